The van der Waals surface area contributed by atoms with Gasteiger partial charge < -0.3 is 15.7 Å². The SMILES string of the molecule is CN(CCCCCO)C(=O)C(N)C(C)(C)C. The summed E-state index contributed by atoms with van der Waals surface area (Å²) in [6.45, 7) is 6.83. The first-order valence-electron chi connectivity index (χ1n) is 5.92. The fourth-order valence-electron chi connectivity index (χ4n) is 1.36. The highest BCUT2D eigenvalue weighted by molar-refractivity contribution is 5.82. The number of carbonyl (C=O) groups excluding carboxylic acids is 1. The molecule has 0 aliphatic carbocycles. The van der Waals surface area contributed by atoms with Crippen LogP contribution in [0.15, 0.2) is 0 Å². The van der Waals surface area contributed by atoms with E-state index in [0.29, 0.717) is 6.54 Å². The number of carbonyl (C=O) groups is 1. The summed E-state index contributed by atoms with van der Waals surface area (Å²) in [5.41, 5.74) is 5.70. The van der Waals surface area contributed by atoms with Crippen LogP contribution < -0.4 is 5.73 Å². The number of rotatable bonds is 6. The molecule has 0 spiro atoms. The van der Waals surface area contributed by atoms with Crippen molar-refractivity contribution in [2.24, 2.45) is 11.1 Å². The molecule has 0 aliphatic rings. The Kier molecular flexibility index (Phi) is 6.60. The monoisotopic (exact) mass is 230 g/mol. The van der Waals surface area contributed by atoms with Gasteiger partial charge in [0.15, 0.2) is 0 Å². The van der Waals surface area contributed by atoms with Crippen LogP contribution in [0.4, 0.5) is 0 Å². The summed E-state index contributed by atoms with van der Waals surface area (Å²) in [6, 6.07) is -0.449. The van der Waals surface area contributed by atoms with Crippen LogP contribution in [-0.4, -0.2) is 42.2 Å². The lowest BCUT2D eigenvalue weighted by Crippen LogP contribution is -2.49. The standard InChI is InChI=1S/C12H26N2O2/c1-12(2,3)10(13)11(16)14(4)8-6-5-7-9-15/h10,15H,5-9,13H2,1-4H3. The van der Waals surface area contributed by atoms with Crippen molar-refractivity contribution in [3.63, 3.8) is 0 Å². The average Bonchev–Trinajstić information content (AvgIpc) is 2.20. The van der Waals surface area contributed by atoms with Crippen LogP contribution >= 0.6 is 0 Å². The average molecular weight is 230 g/mol. The lowest BCUT2D eigenvalue weighted by Gasteiger charge is -2.30. The minimum absolute atomic E-state index is 0.00324. The lowest BCUT2D eigenvalue weighted by atomic mass is 9.86. The second kappa shape index (κ2) is 6.86. The summed E-state index contributed by atoms with van der Waals surface area (Å²) in [4.78, 5) is 13.6. The highest BCUT2D eigenvalue weighted by Crippen LogP contribution is 2.18. The fourth-order valence-corrected chi connectivity index (χ4v) is 1.36. The summed E-state index contributed by atoms with van der Waals surface area (Å²) in [7, 11) is 1.78. The number of hydrogen-bond acceptors (Lipinski definition) is 3. The van der Waals surface area contributed by atoms with Gasteiger partial charge in [0.2, 0.25) is 5.91 Å². The van der Waals surface area contributed by atoms with Crippen molar-refractivity contribution in [2.75, 3.05) is 20.2 Å². The molecule has 0 aromatic heterocycles. The Morgan fingerprint density at radius 1 is 1.31 bits per heavy atom. The lowest BCUT2D eigenvalue weighted by molar-refractivity contribution is -0.133. The second-order valence-corrected chi connectivity index (χ2v) is 5.39. The number of aliphatic hydroxyl groups is 1. The van der Waals surface area contributed by atoms with Gasteiger partial charge in [0.05, 0.1) is 6.04 Å². The van der Waals surface area contributed by atoms with E-state index in [1.165, 1.54) is 0 Å². The zero-order valence-electron chi connectivity index (χ0n) is 11.0. The Morgan fingerprint density at radius 3 is 2.31 bits per heavy atom. The molecular weight excluding hydrogens is 204 g/mol. The third kappa shape index (κ3) is 5.47. The van der Waals surface area contributed by atoms with Crippen LogP contribution in [0.25, 0.3) is 0 Å². The van der Waals surface area contributed by atoms with Gasteiger partial charge in [-0.3, -0.25) is 4.79 Å². The van der Waals surface area contributed by atoms with Crippen LogP contribution in [0.3, 0.4) is 0 Å². The topological polar surface area (TPSA) is 66.6 Å². The molecule has 1 amide bonds. The summed E-state index contributed by atoms with van der Waals surface area (Å²) >= 11 is 0. The van der Waals surface area contributed by atoms with Gasteiger partial charge in [-0.15, -0.1) is 0 Å². The van der Waals surface area contributed by atoms with E-state index in [9.17, 15) is 4.79 Å². The molecule has 96 valence electrons. The van der Waals surface area contributed by atoms with Crippen LogP contribution in [-0.2, 0) is 4.79 Å². The number of nitrogens with zero attached hydrogens (tertiary/aromatic N) is 1. The van der Waals surface area contributed by atoms with E-state index < -0.39 is 6.04 Å². The number of amides is 1. The summed E-state index contributed by atoms with van der Waals surface area (Å²) in [6.07, 6.45) is 2.66. The first-order chi connectivity index (χ1) is 7.30. The second-order valence-electron chi connectivity index (χ2n) is 5.39. The molecule has 0 aromatic rings. The molecular formula is C12H26N2O2. The van der Waals surface area contributed by atoms with Crippen LogP contribution in [0.5, 0.6) is 0 Å². The van der Waals surface area contributed by atoms with Gasteiger partial charge in [0, 0.05) is 20.2 Å². The minimum atomic E-state index is -0.449. The summed E-state index contributed by atoms with van der Waals surface area (Å²) in [5, 5.41) is 8.64. The highest BCUT2D eigenvalue weighted by Gasteiger charge is 2.29. The molecule has 4 heteroatoms. The zero-order valence-corrected chi connectivity index (χ0v) is 11.0. The smallest absolute Gasteiger partial charge is 0.239 e. The molecule has 0 saturated heterocycles. The maximum atomic E-state index is 11.9. The van der Waals surface area contributed by atoms with Crippen molar-refractivity contribution in [1.29, 1.82) is 0 Å². The van der Waals surface area contributed by atoms with Crippen molar-refractivity contribution in [2.45, 2.75) is 46.1 Å². The quantitative estimate of drug-likeness (QED) is 0.668. The first kappa shape index (κ1) is 15.4. The molecule has 0 fully saturated rings. The molecule has 0 aliphatic heterocycles. The molecule has 16 heavy (non-hydrogen) atoms. The maximum Gasteiger partial charge on any atom is 0.239 e. The largest absolute Gasteiger partial charge is 0.396 e. The Labute approximate surface area is 98.8 Å². The van der Waals surface area contributed by atoms with Crippen molar-refractivity contribution in [3.05, 3.63) is 0 Å². The minimum Gasteiger partial charge on any atom is -0.396 e. The van der Waals surface area contributed by atoms with E-state index >= 15 is 0 Å². The van der Waals surface area contributed by atoms with Gasteiger partial charge in [0.25, 0.3) is 0 Å². The first-order valence-corrected chi connectivity index (χ1v) is 5.92. The number of aliphatic hydroxyl groups excluding tert-OH is 1. The van der Waals surface area contributed by atoms with E-state index in [2.05, 4.69) is 0 Å². The van der Waals surface area contributed by atoms with Gasteiger partial charge in [-0.1, -0.05) is 20.8 Å². The number of nitrogens with two attached hydrogens (primary N) is 1. The molecule has 0 heterocycles. The molecule has 0 aromatic carbocycles. The highest BCUT2D eigenvalue weighted by atomic mass is 16.2. The maximum absolute atomic E-state index is 11.9. The normalized spacial score (nSPS) is 13.6. The van der Waals surface area contributed by atoms with E-state index in [4.69, 9.17) is 10.8 Å². The van der Waals surface area contributed by atoms with E-state index in [1.807, 2.05) is 20.8 Å². The van der Waals surface area contributed by atoms with Crippen LogP contribution in [0, 0.1) is 5.41 Å². The number of hydrogen-bond donors (Lipinski definition) is 2. The van der Waals surface area contributed by atoms with Crippen molar-refractivity contribution < 1.29 is 9.90 Å². The fraction of sp³-hybridized carbons (Fsp3) is 0.917. The van der Waals surface area contributed by atoms with E-state index in [0.717, 1.165) is 19.3 Å². The van der Waals surface area contributed by atoms with E-state index in [1.54, 1.807) is 11.9 Å². The van der Waals surface area contributed by atoms with Gasteiger partial charge in [-0.05, 0) is 24.7 Å². The predicted molar refractivity (Wildman–Crippen MR) is 66.0 cm³/mol. The van der Waals surface area contributed by atoms with Gasteiger partial charge >= 0.3 is 0 Å². The molecule has 0 bridgehead atoms. The third-order valence-electron chi connectivity index (χ3n) is 2.73. The molecule has 1 unspecified atom stereocenters. The molecule has 1 atom stereocenters. The Bertz CT molecular complexity index is 212. The Balaban J connectivity index is 3.99. The molecule has 4 nitrogen and oxygen atoms in total. The van der Waals surface area contributed by atoms with Gasteiger partial charge in [-0.25, -0.2) is 0 Å². The zero-order chi connectivity index (χ0) is 12.8. The van der Waals surface area contributed by atoms with Crippen LogP contribution in [0.1, 0.15) is 40.0 Å². The predicted octanol–water partition coefficient (Wildman–Crippen LogP) is 0.981. The number of unbranched alkanes of at least 4 members (excludes halogenated alkanes) is 2. The summed E-state index contributed by atoms with van der Waals surface area (Å²) in [5.74, 6) is -0.00324. The summed E-state index contributed by atoms with van der Waals surface area (Å²) < 4.78 is 0. The Morgan fingerprint density at radius 2 is 1.88 bits per heavy atom. The molecule has 0 saturated carbocycles. The van der Waals surface area contributed by atoms with E-state index in [-0.39, 0.29) is 17.9 Å². The van der Waals surface area contributed by atoms with Crippen molar-refractivity contribution in [3.8, 4) is 0 Å². The molecule has 0 rings (SSSR count). The Hall–Kier alpha value is -0.610. The number of likely N-dealkylation sites (N-methyl/N-ethyl adjacent to an activating group) is 1. The van der Waals surface area contributed by atoms with Gasteiger partial charge in [-0.2, -0.15) is 0 Å². The van der Waals surface area contributed by atoms with Crippen molar-refractivity contribution in [1.82, 2.24) is 4.90 Å². The van der Waals surface area contributed by atoms with Gasteiger partial charge in [0.1, 0.15) is 0 Å². The third-order valence-corrected chi connectivity index (χ3v) is 2.73. The van der Waals surface area contributed by atoms with Crippen molar-refractivity contribution >= 4 is 5.91 Å². The molecule has 3 N–H and O–H groups in total. The molecule has 0 radical (unpaired) electrons. The van der Waals surface area contributed by atoms with Crippen LogP contribution in [0.2, 0.25) is 0 Å².